The minimum absolute atomic E-state index is 0.447. The van der Waals surface area contributed by atoms with Crippen molar-refractivity contribution in [3.63, 3.8) is 0 Å². The van der Waals surface area contributed by atoms with Gasteiger partial charge < -0.3 is 5.32 Å². The van der Waals surface area contributed by atoms with E-state index in [0.717, 1.165) is 18.3 Å². The molecule has 0 spiro atoms. The predicted octanol–water partition coefficient (Wildman–Crippen LogP) is 4.84. The van der Waals surface area contributed by atoms with Crippen LogP contribution in [-0.4, -0.2) is 13.1 Å². The molecule has 0 radical (unpaired) electrons. The van der Waals surface area contributed by atoms with Crippen LogP contribution in [0.2, 0.25) is 0 Å². The average molecular weight is 287 g/mol. The lowest BCUT2D eigenvalue weighted by atomic mass is 9.66. The molecule has 1 heteroatoms. The Morgan fingerprint density at radius 2 is 1.67 bits per heavy atom. The van der Waals surface area contributed by atoms with E-state index in [2.05, 4.69) is 64.3 Å². The van der Waals surface area contributed by atoms with Gasteiger partial charge in [0.15, 0.2) is 0 Å². The van der Waals surface area contributed by atoms with Gasteiger partial charge >= 0.3 is 0 Å². The molecule has 1 nitrogen and oxygen atoms in total. The van der Waals surface area contributed by atoms with Gasteiger partial charge in [-0.2, -0.15) is 0 Å². The molecule has 0 amide bonds. The van der Waals surface area contributed by atoms with E-state index in [1.807, 2.05) is 0 Å². The van der Waals surface area contributed by atoms with Gasteiger partial charge in [-0.05, 0) is 67.5 Å². The van der Waals surface area contributed by atoms with E-state index in [1.54, 1.807) is 0 Å². The van der Waals surface area contributed by atoms with Gasteiger partial charge in [-0.3, -0.25) is 0 Å². The maximum absolute atomic E-state index is 3.57. The highest BCUT2D eigenvalue weighted by atomic mass is 14.9. The van der Waals surface area contributed by atoms with Crippen molar-refractivity contribution >= 4 is 0 Å². The van der Waals surface area contributed by atoms with Crippen molar-refractivity contribution in [2.75, 3.05) is 7.05 Å². The fourth-order valence-electron chi connectivity index (χ4n) is 3.87. The number of rotatable bonds is 4. The monoisotopic (exact) mass is 287 g/mol. The van der Waals surface area contributed by atoms with Crippen molar-refractivity contribution in [2.24, 2.45) is 17.3 Å². The van der Waals surface area contributed by atoms with Crippen molar-refractivity contribution in [1.82, 2.24) is 5.32 Å². The molecule has 0 saturated heterocycles. The zero-order chi connectivity index (χ0) is 15.5. The van der Waals surface area contributed by atoms with Crippen LogP contribution >= 0.6 is 0 Å². The standard InChI is InChI=1S/C20H33N/c1-6-15-7-9-16(10-8-15)13-17-14-18(20(2,3)4)11-12-19(17)21-5/h7-10,17-19,21H,6,11-14H2,1-5H3. The van der Waals surface area contributed by atoms with E-state index in [1.165, 1.54) is 36.8 Å². The second kappa shape index (κ2) is 6.96. The predicted molar refractivity (Wildman–Crippen MR) is 92.7 cm³/mol. The summed E-state index contributed by atoms with van der Waals surface area (Å²) in [5.41, 5.74) is 3.40. The topological polar surface area (TPSA) is 12.0 Å². The number of hydrogen-bond acceptors (Lipinski definition) is 1. The quantitative estimate of drug-likeness (QED) is 0.835. The van der Waals surface area contributed by atoms with Crippen LogP contribution in [0, 0.1) is 17.3 Å². The molecule has 21 heavy (non-hydrogen) atoms. The first kappa shape index (κ1) is 16.5. The van der Waals surface area contributed by atoms with Crippen molar-refractivity contribution in [3.8, 4) is 0 Å². The van der Waals surface area contributed by atoms with Gasteiger partial charge in [-0.1, -0.05) is 52.0 Å². The summed E-state index contributed by atoms with van der Waals surface area (Å²) in [5.74, 6) is 1.64. The molecule has 0 aromatic heterocycles. The Morgan fingerprint density at radius 3 is 2.19 bits per heavy atom. The molecule has 2 rings (SSSR count). The van der Waals surface area contributed by atoms with Gasteiger partial charge in [0.1, 0.15) is 0 Å². The van der Waals surface area contributed by atoms with Crippen LogP contribution in [0.15, 0.2) is 24.3 Å². The summed E-state index contributed by atoms with van der Waals surface area (Å²) in [7, 11) is 2.13. The van der Waals surface area contributed by atoms with Gasteiger partial charge in [-0.15, -0.1) is 0 Å². The Kier molecular flexibility index (Phi) is 5.48. The lowest BCUT2D eigenvalue weighted by molar-refractivity contribution is 0.117. The molecule has 1 saturated carbocycles. The SMILES string of the molecule is CCc1ccc(CC2CC(C(C)(C)C)CCC2NC)cc1. The normalized spacial score (nSPS) is 26.8. The molecule has 1 aliphatic carbocycles. The van der Waals surface area contributed by atoms with Crippen LogP contribution in [0.25, 0.3) is 0 Å². The molecule has 3 unspecified atom stereocenters. The van der Waals surface area contributed by atoms with E-state index in [9.17, 15) is 0 Å². The highest BCUT2D eigenvalue weighted by Gasteiger charge is 2.35. The van der Waals surface area contributed by atoms with Crippen LogP contribution in [0.5, 0.6) is 0 Å². The Bertz CT molecular complexity index is 426. The molecule has 1 N–H and O–H groups in total. The molecule has 0 aliphatic heterocycles. The third-order valence-electron chi connectivity index (χ3n) is 5.51. The van der Waals surface area contributed by atoms with E-state index in [0.29, 0.717) is 11.5 Å². The van der Waals surface area contributed by atoms with E-state index in [-0.39, 0.29) is 0 Å². The summed E-state index contributed by atoms with van der Waals surface area (Å²) < 4.78 is 0. The first-order chi connectivity index (χ1) is 9.94. The lowest BCUT2D eigenvalue weighted by Crippen LogP contribution is -2.42. The van der Waals surface area contributed by atoms with Crippen LogP contribution < -0.4 is 5.32 Å². The van der Waals surface area contributed by atoms with E-state index in [4.69, 9.17) is 0 Å². The second-order valence-electron chi connectivity index (χ2n) is 7.91. The van der Waals surface area contributed by atoms with Crippen molar-refractivity contribution in [1.29, 1.82) is 0 Å². The number of aryl methyl sites for hydroxylation is 1. The van der Waals surface area contributed by atoms with E-state index < -0.39 is 0 Å². The summed E-state index contributed by atoms with van der Waals surface area (Å²) in [5, 5.41) is 3.57. The smallest absolute Gasteiger partial charge is 0.00957 e. The third-order valence-corrected chi connectivity index (χ3v) is 5.51. The second-order valence-corrected chi connectivity index (χ2v) is 7.91. The highest BCUT2D eigenvalue weighted by molar-refractivity contribution is 5.23. The zero-order valence-corrected chi connectivity index (χ0v) is 14.6. The number of hydrogen-bond donors (Lipinski definition) is 1. The molecule has 1 aliphatic rings. The fourth-order valence-corrected chi connectivity index (χ4v) is 3.87. The maximum atomic E-state index is 3.57. The molecule has 0 heterocycles. The third kappa shape index (κ3) is 4.32. The summed E-state index contributed by atoms with van der Waals surface area (Å²) in [6, 6.07) is 9.97. The molecular weight excluding hydrogens is 254 g/mol. The Hall–Kier alpha value is -0.820. The number of benzene rings is 1. The average Bonchev–Trinajstić information content (AvgIpc) is 2.47. The minimum Gasteiger partial charge on any atom is -0.317 e. The summed E-state index contributed by atoms with van der Waals surface area (Å²) >= 11 is 0. The molecule has 118 valence electrons. The van der Waals surface area contributed by atoms with Gasteiger partial charge in [-0.25, -0.2) is 0 Å². The molecule has 1 aromatic rings. The molecule has 3 atom stereocenters. The van der Waals surface area contributed by atoms with Crippen molar-refractivity contribution in [2.45, 2.75) is 65.8 Å². The first-order valence-corrected chi connectivity index (χ1v) is 8.69. The highest BCUT2D eigenvalue weighted by Crippen LogP contribution is 2.41. The Morgan fingerprint density at radius 1 is 1.05 bits per heavy atom. The maximum Gasteiger partial charge on any atom is 0.00957 e. The van der Waals surface area contributed by atoms with E-state index >= 15 is 0 Å². The van der Waals surface area contributed by atoms with Crippen LogP contribution in [-0.2, 0) is 12.8 Å². The summed E-state index contributed by atoms with van der Waals surface area (Å²) in [6.07, 6.45) is 6.43. The largest absolute Gasteiger partial charge is 0.317 e. The zero-order valence-electron chi connectivity index (χ0n) is 14.6. The minimum atomic E-state index is 0.447. The van der Waals surface area contributed by atoms with Gasteiger partial charge in [0.2, 0.25) is 0 Å². The van der Waals surface area contributed by atoms with Crippen LogP contribution in [0.3, 0.4) is 0 Å². The molecular formula is C20H33N. The summed E-state index contributed by atoms with van der Waals surface area (Å²) in [6.45, 7) is 9.44. The van der Waals surface area contributed by atoms with Gasteiger partial charge in [0, 0.05) is 6.04 Å². The Labute approximate surface area is 131 Å². The van der Waals surface area contributed by atoms with Gasteiger partial charge in [0.05, 0.1) is 0 Å². The van der Waals surface area contributed by atoms with Crippen LogP contribution in [0.1, 0.15) is 58.1 Å². The molecule has 1 aromatic carbocycles. The molecule has 0 bridgehead atoms. The van der Waals surface area contributed by atoms with Crippen LogP contribution in [0.4, 0.5) is 0 Å². The Balaban J connectivity index is 2.06. The fraction of sp³-hybridized carbons (Fsp3) is 0.700. The first-order valence-electron chi connectivity index (χ1n) is 8.69. The summed E-state index contributed by atoms with van der Waals surface area (Å²) in [4.78, 5) is 0. The van der Waals surface area contributed by atoms with Crippen molar-refractivity contribution < 1.29 is 0 Å². The molecule has 1 fully saturated rings. The number of nitrogens with one attached hydrogen (secondary N) is 1. The van der Waals surface area contributed by atoms with Crippen molar-refractivity contribution in [3.05, 3.63) is 35.4 Å². The van der Waals surface area contributed by atoms with Gasteiger partial charge in [0.25, 0.3) is 0 Å². The lowest BCUT2D eigenvalue weighted by Gasteiger charge is -2.42.